The predicted octanol–water partition coefficient (Wildman–Crippen LogP) is 5.24. The van der Waals surface area contributed by atoms with Crippen LogP contribution in [-0.4, -0.2) is 28.0 Å². The summed E-state index contributed by atoms with van der Waals surface area (Å²) in [6.07, 6.45) is 6.61. The van der Waals surface area contributed by atoms with Gasteiger partial charge in [0.25, 0.3) is 0 Å². The number of hydrogen-bond acceptors (Lipinski definition) is 5. The van der Waals surface area contributed by atoms with Gasteiger partial charge in [0.2, 0.25) is 5.91 Å². The van der Waals surface area contributed by atoms with E-state index in [0.29, 0.717) is 36.1 Å². The van der Waals surface area contributed by atoms with Crippen LogP contribution in [0.3, 0.4) is 0 Å². The molecule has 1 aromatic heterocycles. The van der Waals surface area contributed by atoms with Crippen LogP contribution >= 0.6 is 0 Å². The molecule has 3 rings (SSSR count). The van der Waals surface area contributed by atoms with Gasteiger partial charge in [-0.15, -0.1) is 5.10 Å². The van der Waals surface area contributed by atoms with Gasteiger partial charge < -0.3 is 14.8 Å². The van der Waals surface area contributed by atoms with Crippen molar-refractivity contribution in [2.45, 2.75) is 53.2 Å². The van der Waals surface area contributed by atoms with E-state index in [1.54, 1.807) is 11.8 Å². The Morgan fingerprint density at radius 3 is 2.68 bits per heavy atom. The molecule has 0 aliphatic heterocycles. The minimum atomic E-state index is 0.0606. The van der Waals surface area contributed by atoms with Gasteiger partial charge in [-0.3, -0.25) is 4.79 Å². The average Bonchev–Trinajstić information content (AvgIpc) is 3.31. The second-order valence-corrected chi connectivity index (χ2v) is 8.71. The fraction of sp³-hybridized carbons (Fsp3) is 0.370. The maximum atomic E-state index is 12.3. The lowest BCUT2D eigenvalue weighted by molar-refractivity contribution is -0.122. The van der Waals surface area contributed by atoms with Gasteiger partial charge in [-0.2, -0.15) is 0 Å². The second kappa shape index (κ2) is 12.6. The first-order valence-corrected chi connectivity index (χ1v) is 11.6. The molecule has 3 aromatic rings. The highest BCUT2D eigenvalue weighted by Crippen LogP contribution is 2.29. The summed E-state index contributed by atoms with van der Waals surface area (Å²) >= 11 is 0. The Morgan fingerprint density at radius 2 is 1.94 bits per heavy atom. The Morgan fingerprint density at radius 1 is 1.15 bits per heavy atom. The molecule has 1 heterocycles. The number of nitrogens with zero attached hydrogens (tertiary/aromatic N) is 3. The number of allylic oxidation sites excluding steroid dienone is 2. The molecular weight excluding hydrogens is 428 g/mol. The third kappa shape index (κ3) is 7.76. The summed E-state index contributed by atoms with van der Waals surface area (Å²) in [7, 11) is 1.60. The van der Waals surface area contributed by atoms with Crippen molar-refractivity contribution < 1.29 is 14.3 Å². The maximum absolute atomic E-state index is 12.3. The van der Waals surface area contributed by atoms with Gasteiger partial charge in [-0.05, 0) is 62.4 Å². The average molecular weight is 463 g/mol. The summed E-state index contributed by atoms with van der Waals surface area (Å²) < 4.78 is 13.1. The Hall–Kier alpha value is -3.61. The van der Waals surface area contributed by atoms with E-state index in [1.165, 1.54) is 5.57 Å². The Labute approximate surface area is 201 Å². The van der Waals surface area contributed by atoms with Gasteiger partial charge in [0.05, 0.1) is 19.0 Å². The number of amides is 1. The van der Waals surface area contributed by atoms with Crippen LogP contribution in [0, 0.1) is 5.92 Å². The molecule has 0 saturated carbocycles. The van der Waals surface area contributed by atoms with Crippen LogP contribution < -0.4 is 14.8 Å². The molecule has 1 N–H and O–H groups in total. The smallest absolute Gasteiger partial charge is 0.220 e. The summed E-state index contributed by atoms with van der Waals surface area (Å²) in [6.45, 7) is 7.02. The van der Waals surface area contributed by atoms with E-state index >= 15 is 0 Å². The van der Waals surface area contributed by atoms with Crippen molar-refractivity contribution in [1.29, 1.82) is 0 Å². The van der Waals surface area contributed by atoms with Crippen molar-refractivity contribution in [3.05, 3.63) is 77.6 Å². The molecule has 180 valence electrons. The zero-order valence-corrected chi connectivity index (χ0v) is 20.5. The van der Waals surface area contributed by atoms with Crippen molar-refractivity contribution in [2.75, 3.05) is 7.11 Å². The zero-order valence-electron chi connectivity index (χ0n) is 20.5. The Bertz CT molecular complexity index is 1090. The summed E-state index contributed by atoms with van der Waals surface area (Å²) in [6, 6.07) is 15.5. The highest BCUT2D eigenvalue weighted by molar-refractivity contribution is 5.76. The predicted molar refractivity (Wildman–Crippen MR) is 133 cm³/mol. The molecule has 2 aromatic carbocycles. The number of para-hydroxylation sites is 1. The second-order valence-electron chi connectivity index (χ2n) is 8.71. The van der Waals surface area contributed by atoms with Crippen LogP contribution in [0.15, 0.2) is 66.4 Å². The first kappa shape index (κ1) is 25.0. The largest absolute Gasteiger partial charge is 0.493 e. The lowest BCUT2D eigenvalue weighted by Crippen LogP contribution is -2.24. The number of nitrogens with one attached hydrogen (secondary N) is 1. The quantitative estimate of drug-likeness (QED) is 0.372. The van der Waals surface area contributed by atoms with E-state index in [4.69, 9.17) is 9.47 Å². The molecule has 0 aliphatic carbocycles. The molecule has 0 bridgehead atoms. The van der Waals surface area contributed by atoms with Crippen LogP contribution in [0.4, 0.5) is 0 Å². The summed E-state index contributed by atoms with van der Waals surface area (Å²) in [4.78, 5) is 12.3. The van der Waals surface area contributed by atoms with Crippen molar-refractivity contribution in [3.8, 4) is 17.2 Å². The molecule has 0 saturated heterocycles. The van der Waals surface area contributed by atoms with E-state index in [2.05, 4.69) is 42.5 Å². The van der Waals surface area contributed by atoms with E-state index in [-0.39, 0.29) is 12.5 Å². The minimum Gasteiger partial charge on any atom is -0.493 e. The number of ether oxygens (including phenoxy) is 2. The molecule has 0 fully saturated rings. The van der Waals surface area contributed by atoms with Crippen LogP contribution in [0.25, 0.3) is 5.69 Å². The molecule has 7 heteroatoms. The Kier molecular flexibility index (Phi) is 9.26. The molecule has 7 nitrogen and oxygen atoms in total. The van der Waals surface area contributed by atoms with Crippen LogP contribution in [0.5, 0.6) is 11.5 Å². The van der Waals surface area contributed by atoms with Crippen LogP contribution in [-0.2, 0) is 17.9 Å². The fourth-order valence-corrected chi connectivity index (χ4v) is 3.51. The molecule has 0 radical (unpaired) electrons. The molecule has 1 amide bonds. The van der Waals surface area contributed by atoms with Gasteiger partial charge in [-0.1, -0.05) is 48.1 Å². The van der Waals surface area contributed by atoms with Gasteiger partial charge in [0, 0.05) is 13.0 Å². The van der Waals surface area contributed by atoms with Gasteiger partial charge >= 0.3 is 0 Å². The molecule has 1 atom stereocenters. The van der Waals surface area contributed by atoms with E-state index in [1.807, 2.05) is 54.7 Å². The number of rotatable bonds is 12. The maximum Gasteiger partial charge on any atom is 0.220 e. The minimum absolute atomic E-state index is 0.0606. The van der Waals surface area contributed by atoms with E-state index in [9.17, 15) is 4.79 Å². The van der Waals surface area contributed by atoms with Crippen molar-refractivity contribution >= 4 is 5.91 Å². The normalized spacial score (nSPS) is 11.5. The van der Waals surface area contributed by atoms with Gasteiger partial charge in [0.1, 0.15) is 12.3 Å². The number of hydrogen-bond donors (Lipinski definition) is 1. The highest BCUT2D eigenvalue weighted by Gasteiger charge is 2.11. The first-order chi connectivity index (χ1) is 16.4. The van der Waals surface area contributed by atoms with Crippen molar-refractivity contribution in [3.63, 3.8) is 0 Å². The number of aromatic nitrogens is 3. The Balaban J connectivity index is 1.50. The molecule has 0 aliphatic rings. The van der Waals surface area contributed by atoms with Crippen molar-refractivity contribution in [2.24, 2.45) is 5.92 Å². The topological polar surface area (TPSA) is 78.3 Å². The third-order valence-corrected chi connectivity index (χ3v) is 5.40. The summed E-state index contributed by atoms with van der Waals surface area (Å²) in [5.74, 6) is 1.63. The summed E-state index contributed by atoms with van der Waals surface area (Å²) in [5.41, 5.74) is 3.91. The van der Waals surface area contributed by atoms with Gasteiger partial charge in [0.15, 0.2) is 11.5 Å². The number of carbonyl (C=O) groups excluding carboxylic acids is 1. The lowest BCUT2D eigenvalue weighted by atomic mass is 10.0. The molecular formula is C27H34N4O3. The summed E-state index contributed by atoms with van der Waals surface area (Å²) in [5, 5.41) is 11.3. The van der Waals surface area contributed by atoms with Crippen LogP contribution in [0.1, 0.15) is 51.3 Å². The first-order valence-electron chi connectivity index (χ1n) is 11.6. The van der Waals surface area contributed by atoms with Gasteiger partial charge in [-0.25, -0.2) is 4.68 Å². The monoisotopic (exact) mass is 462 g/mol. The standard InChI is InChI=1S/C27H34N4O3/c1-20(2)9-8-10-21(3)15-27(32)28-17-22-13-14-25(26(16-22)33-4)34-19-23-18-31(30-29-23)24-11-6-5-7-12-24/h5-7,9,11-14,16,18,21H,8,10,15,17,19H2,1-4H3,(H,28,32)/t21-/m1/s1. The molecule has 0 unspecified atom stereocenters. The number of methoxy groups -OCH3 is 1. The van der Waals surface area contributed by atoms with Crippen LogP contribution in [0.2, 0.25) is 0 Å². The molecule has 34 heavy (non-hydrogen) atoms. The zero-order chi connectivity index (χ0) is 24.3. The van der Waals surface area contributed by atoms with E-state index < -0.39 is 0 Å². The fourth-order valence-electron chi connectivity index (χ4n) is 3.51. The molecule has 0 spiro atoms. The highest BCUT2D eigenvalue weighted by atomic mass is 16.5. The van der Waals surface area contributed by atoms with E-state index in [0.717, 1.165) is 24.1 Å². The number of benzene rings is 2. The number of carbonyl (C=O) groups is 1. The lowest BCUT2D eigenvalue weighted by Gasteiger charge is -2.13. The van der Waals surface area contributed by atoms with Crippen molar-refractivity contribution in [1.82, 2.24) is 20.3 Å². The SMILES string of the molecule is COc1cc(CNC(=O)C[C@H](C)CCC=C(C)C)ccc1OCc1cn(-c2ccccc2)nn1. The third-order valence-electron chi connectivity index (χ3n) is 5.40.